The summed E-state index contributed by atoms with van der Waals surface area (Å²) in [6, 6.07) is 10.0. The Hall–Kier alpha value is -2.17. The van der Waals surface area contributed by atoms with E-state index >= 15 is 0 Å². The molecule has 2 aromatic rings. The van der Waals surface area contributed by atoms with E-state index in [0.29, 0.717) is 17.7 Å². The molecule has 0 aliphatic heterocycles. The Morgan fingerprint density at radius 3 is 2.67 bits per heavy atom. The summed E-state index contributed by atoms with van der Waals surface area (Å²) in [4.78, 5) is 0. The smallest absolute Gasteiger partial charge is 0.216 e. The van der Waals surface area contributed by atoms with E-state index < -0.39 is 10.0 Å². The van der Waals surface area contributed by atoms with Gasteiger partial charge in [0.05, 0.1) is 23.9 Å². The van der Waals surface area contributed by atoms with Gasteiger partial charge in [0.1, 0.15) is 0 Å². The molecule has 0 amide bonds. The van der Waals surface area contributed by atoms with Gasteiger partial charge in [0.15, 0.2) is 0 Å². The highest BCUT2D eigenvalue weighted by Crippen LogP contribution is 2.08. The highest BCUT2D eigenvalue weighted by Gasteiger charge is 2.15. The molecule has 21 heavy (non-hydrogen) atoms. The van der Waals surface area contributed by atoms with Crippen LogP contribution in [0.3, 0.4) is 0 Å². The minimum atomic E-state index is -3.43. The van der Waals surface area contributed by atoms with Crippen molar-refractivity contribution in [3.05, 3.63) is 53.9 Å². The van der Waals surface area contributed by atoms with Crippen molar-refractivity contribution < 1.29 is 8.42 Å². The first kappa shape index (κ1) is 15.2. The van der Waals surface area contributed by atoms with Crippen molar-refractivity contribution in [3.8, 4) is 6.07 Å². The molecule has 1 N–H and O–H groups in total. The van der Waals surface area contributed by atoms with E-state index in [1.54, 1.807) is 54.3 Å². The number of rotatable bonds is 6. The van der Waals surface area contributed by atoms with Crippen LogP contribution in [0.1, 0.15) is 18.1 Å². The number of benzene rings is 1. The molecule has 1 atom stereocenters. The highest BCUT2D eigenvalue weighted by molar-refractivity contribution is 7.88. The molecule has 1 unspecified atom stereocenters. The van der Waals surface area contributed by atoms with Gasteiger partial charge in [-0.05, 0) is 30.7 Å². The van der Waals surface area contributed by atoms with Crippen molar-refractivity contribution in [2.75, 3.05) is 0 Å². The van der Waals surface area contributed by atoms with Gasteiger partial charge in [-0.25, -0.2) is 13.1 Å². The van der Waals surface area contributed by atoms with Gasteiger partial charge < -0.3 is 0 Å². The predicted octanol–water partition coefficient (Wildman–Crippen LogP) is 1.26. The van der Waals surface area contributed by atoms with E-state index in [-0.39, 0.29) is 11.8 Å². The lowest BCUT2D eigenvalue weighted by molar-refractivity contribution is 0.493. The summed E-state index contributed by atoms with van der Waals surface area (Å²) in [5.41, 5.74) is 1.16. The fraction of sp³-hybridized carbons (Fsp3) is 0.286. The van der Waals surface area contributed by atoms with E-state index in [1.165, 1.54) is 0 Å². The molecule has 0 radical (unpaired) electrons. The molecule has 1 aromatic carbocycles. The fourth-order valence-electron chi connectivity index (χ4n) is 1.97. The van der Waals surface area contributed by atoms with Gasteiger partial charge in [-0.2, -0.15) is 10.4 Å². The molecule has 0 aliphatic rings. The molecule has 0 saturated heterocycles. The number of hydrogen-bond acceptors (Lipinski definition) is 4. The Labute approximate surface area is 124 Å². The SMILES string of the molecule is CC(Cn1cccn1)NS(=O)(=O)Cc1ccc(C#N)cc1. The first-order chi connectivity index (χ1) is 9.98. The topological polar surface area (TPSA) is 87.8 Å². The van der Waals surface area contributed by atoms with E-state index in [0.717, 1.165) is 0 Å². The van der Waals surface area contributed by atoms with Crippen LogP contribution in [0.15, 0.2) is 42.7 Å². The molecule has 0 bridgehead atoms. The van der Waals surface area contributed by atoms with Gasteiger partial charge in [0, 0.05) is 18.4 Å². The average Bonchev–Trinajstić information content (AvgIpc) is 2.91. The van der Waals surface area contributed by atoms with Gasteiger partial charge >= 0.3 is 0 Å². The van der Waals surface area contributed by atoms with Crippen molar-refractivity contribution in [2.24, 2.45) is 0 Å². The molecule has 1 aromatic heterocycles. The number of nitrogens with one attached hydrogen (secondary N) is 1. The van der Waals surface area contributed by atoms with Gasteiger partial charge in [-0.3, -0.25) is 4.68 Å². The van der Waals surface area contributed by atoms with E-state index in [2.05, 4.69) is 9.82 Å². The molecule has 0 fully saturated rings. The normalized spacial score (nSPS) is 12.8. The molecule has 0 spiro atoms. The number of sulfonamides is 1. The summed E-state index contributed by atoms with van der Waals surface area (Å²) >= 11 is 0. The minimum absolute atomic E-state index is 0.109. The van der Waals surface area contributed by atoms with Crippen molar-refractivity contribution in [3.63, 3.8) is 0 Å². The van der Waals surface area contributed by atoms with Crippen molar-refractivity contribution in [2.45, 2.75) is 25.3 Å². The highest BCUT2D eigenvalue weighted by atomic mass is 32.2. The molecular formula is C14H16N4O2S. The molecule has 6 nitrogen and oxygen atoms in total. The summed E-state index contributed by atoms with van der Waals surface area (Å²) in [5.74, 6) is -0.109. The lowest BCUT2D eigenvalue weighted by Crippen LogP contribution is -2.36. The number of aromatic nitrogens is 2. The number of nitriles is 1. The molecule has 0 aliphatic carbocycles. The van der Waals surface area contributed by atoms with Crippen molar-refractivity contribution in [1.29, 1.82) is 5.26 Å². The van der Waals surface area contributed by atoms with Gasteiger partial charge in [0.2, 0.25) is 10.0 Å². The second kappa shape index (κ2) is 6.52. The van der Waals surface area contributed by atoms with Crippen LogP contribution in [0.4, 0.5) is 0 Å². The number of hydrogen-bond donors (Lipinski definition) is 1. The third-order valence-electron chi connectivity index (χ3n) is 2.84. The van der Waals surface area contributed by atoms with Crippen LogP contribution in [0.2, 0.25) is 0 Å². The zero-order valence-corrected chi connectivity index (χ0v) is 12.4. The summed E-state index contributed by atoms with van der Waals surface area (Å²) in [6.07, 6.45) is 3.43. The van der Waals surface area contributed by atoms with Gasteiger partial charge in [-0.15, -0.1) is 0 Å². The third kappa shape index (κ3) is 4.70. The minimum Gasteiger partial charge on any atom is -0.271 e. The lowest BCUT2D eigenvalue weighted by Gasteiger charge is -2.14. The molecule has 1 heterocycles. The second-order valence-corrected chi connectivity index (χ2v) is 6.57. The van der Waals surface area contributed by atoms with Crippen LogP contribution in [-0.4, -0.2) is 24.2 Å². The molecule has 110 valence electrons. The Kier molecular flexibility index (Phi) is 4.73. The van der Waals surface area contributed by atoms with E-state index in [9.17, 15) is 8.42 Å². The van der Waals surface area contributed by atoms with E-state index in [1.807, 2.05) is 6.07 Å². The molecule has 7 heteroatoms. The maximum Gasteiger partial charge on any atom is 0.216 e. The molecular weight excluding hydrogens is 288 g/mol. The summed E-state index contributed by atoms with van der Waals surface area (Å²) < 4.78 is 28.5. The second-order valence-electron chi connectivity index (χ2n) is 4.81. The van der Waals surface area contributed by atoms with Crippen LogP contribution in [0.25, 0.3) is 0 Å². The monoisotopic (exact) mass is 304 g/mol. The maximum absolute atomic E-state index is 12.1. The fourth-order valence-corrected chi connectivity index (χ4v) is 3.37. The van der Waals surface area contributed by atoms with Crippen LogP contribution in [0.5, 0.6) is 0 Å². The summed E-state index contributed by atoms with van der Waals surface area (Å²) in [6.45, 7) is 2.26. The summed E-state index contributed by atoms with van der Waals surface area (Å²) in [7, 11) is -3.43. The predicted molar refractivity (Wildman–Crippen MR) is 78.6 cm³/mol. The standard InChI is InChI=1S/C14H16N4O2S/c1-12(10-18-8-2-7-16-18)17-21(19,20)11-14-5-3-13(9-15)4-6-14/h2-8,12,17H,10-11H2,1H3. The van der Waals surface area contributed by atoms with Crippen molar-refractivity contribution in [1.82, 2.24) is 14.5 Å². The van der Waals surface area contributed by atoms with Crippen LogP contribution < -0.4 is 4.72 Å². The van der Waals surface area contributed by atoms with Crippen LogP contribution in [0, 0.1) is 11.3 Å². The Balaban J connectivity index is 1.96. The number of nitrogens with zero attached hydrogens (tertiary/aromatic N) is 3. The first-order valence-electron chi connectivity index (χ1n) is 6.45. The lowest BCUT2D eigenvalue weighted by atomic mass is 10.2. The van der Waals surface area contributed by atoms with Crippen LogP contribution in [-0.2, 0) is 22.3 Å². The Morgan fingerprint density at radius 1 is 1.38 bits per heavy atom. The third-order valence-corrected chi connectivity index (χ3v) is 4.32. The van der Waals surface area contributed by atoms with E-state index in [4.69, 9.17) is 5.26 Å². The van der Waals surface area contributed by atoms with Crippen molar-refractivity contribution >= 4 is 10.0 Å². The first-order valence-corrected chi connectivity index (χ1v) is 8.10. The average molecular weight is 304 g/mol. The zero-order chi connectivity index (χ0) is 15.3. The Morgan fingerprint density at radius 2 is 2.10 bits per heavy atom. The summed E-state index contributed by atoms with van der Waals surface area (Å²) in [5, 5.41) is 12.8. The van der Waals surface area contributed by atoms with Gasteiger partial charge in [-0.1, -0.05) is 12.1 Å². The van der Waals surface area contributed by atoms with Gasteiger partial charge in [0.25, 0.3) is 0 Å². The maximum atomic E-state index is 12.1. The molecule has 2 rings (SSSR count). The largest absolute Gasteiger partial charge is 0.271 e. The quantitative estimate of drug-likeness (QED) is 0.870. The Bertz CT molecular complexity index is 715. The zero-order valence-electron chi connectivity index (χ0n) is 11.6. The van der Waals surface area contributed by atoms with Crippen LogP contribution >= 0.6 is 0 Å². The molecule has 0 saturated carbocycles.